The predicted octanol–water partition coefficient (Wildman–Crippen LogP) is 4.76. The first-order valence-electron chi connectivity index (χ1n) is 11.6. The highest BCUT2D eigenvalue weighted by molar-refractivity contribution is 5.77. The second-order valence-electron chi connectivity index (χ2n) is 9.10. The number of rotatable bonds is 4. The standard InChI is InChI=1S/C25H28N6O/c1-17-10-12-30(13-11-17)21-8-6-20(7-9-21)28-25-27-16-19-14-18(15-26)24(32)31(23(19)29-25)22-4-2-3-5-22/h6-9,14,16-17,22H,2-5,10-13H2,1H3,(H,27,28,29). The van der Waals surface area contributed by atoms with Crippen LogP contribution in [0.1, 0.15) is 57.1 Å². The molecule has 1 aliphatic heterocycles. The van der Waals surface area contributed by atoms with Gasteiger partial charge in [-0.25, -0.2) is 4.98 Å². The number of nitrogens with one attached hydrogen (secondary N) is 1. The van der Waals surface area contributed by atoms with Crippen molar-refractivity contribution < 1.29 is 0 Å². The third-order valence-electron chi connectivity index (χ3n) is 6.86. The Balaban J connectivity index is 1.43. The van der Waals surface area contributed by atoms with Gasteiger partial charge in [0, 0.05) is 42.1 Å². The highest BCUT2D eigenvalue weighted by Crippen LogP contribution is 2.31. The van der Waals surface area contributed by atoms with Crippen LogP contribution in [-0.2, 0) is 0 Å². The number of piperidine rings is 1. The molecule has 1 saturated carbocycles. The zero-order valence-electron chi connectivity index (χ0n) is 18.4. The molecule has 1 saturated heterocycles. The first-order chi connectivity index (χ1) is 15.6. The van der Waals surface area contributed by atoms with Crippen LogP contribution in [0.4, 0.5) is 17.3 Å². The molecule has 7 nitrogen and oxygen atoms in total. The Morgan fingerprint density at radius 1 is 1.09 bits per heavy atom. The summed E-state index contributed by atoms with van der Waals surface area (Å²) in [5.41, 5.74) is 2.63. The molecule has 1 aliphatic carbocycles. The SMILES string of the molecule is CC1CCN(c2ccc(Nc3ncc4cc(C#N)c(=O)n(C5CCCC5)c4n3)cc2)CC1. The summed E-state index contributed by atoms with van der Waals surface area (Å²) < 4.78 is 1.72. The summed E-state index contributed by atoms with van der Waals surface area (Å²) in [5, 5.41) is 13.4. The summed E-state index contributed by atoms with van der Waals surface area (Å²) in [5.74, 6) is 1.26. The van der Waals surface area contributed by atoms with Crippen LogP contribution in [0.5, 0.6) is 0 Å². The van der Waals surface area contributed by atoms with Gasteiger partial charge in [-0.3, -0.25) is 9.36 Å². The monoisotopic (exact) mass is 428 g/mol. The Morgan fingerprint density at radius 2 is 1.81 bits per heavy atom. The number of hydrogen-bond acceptors (Lipinski definition) is 6. The molecule has 0 amide bonds. The van der Waals surface area contributed by atoms with Crippen molar-refractivity contribution in [3.8, 4) is 6.07 Å². The summed E-state index contributed by atoms with van der Waals surface area (Å²) in [6.07, 6.45) is 8.23. The van der Waals surface area contributed by atoms with E-state index in [0.717, 1.165) is 50.4 Å². The van der Waals surface area contributed by atoms with Gasteiger partial charge < -0.3 is 10.2 Å². The number of fused-ring (bicyclic) bond motifs is 1. The first kappa shape index (κ1) is 20.5. The summed E-state index contributed by atoms with van der Waals surface area (Å²) in [4.78, 5) is 24.5. The van der Waals surface area contributed by atoms with Crippen molar-refractivity contribution >= 4 is 28.4 Å². The topological polar surface area (TPSA) is 86.8 Å². The van der Waals surface area contributed by atoms with Gasteiger partial charge in [-0.15, -0.1) is 0 Å². The van der Waals surface area contributed by atoms with Crippen LogP contribution in [-0.4, -0.2) is 27.6 Å². The lowest BCUT2D eigenvalue weighted by Crippen LogP contribution is -2.32. The molecular weight excluding hydrogens is 400 g/mol. The van der Waals surface area contributed by atoms with E-state index in [1.807, 2.05) is 18.2 Å². The zero-order valence-corrected chi connectivity index (χ0v) is 18.4. The van der Waals surface area contributed by atoms with Crippen molar-refractivity contribution in [2.75, 3.05) is 23.3 Å². The Hall–Kier alpha value is -3.40. The van der Waals surface area contributed by atoms with Crippen LogP contribution < -0.4 is 15.8 Å². The van der Waals surface area contributed by atoms with Crippen LogP contribution in [0.25, 0.3) is 11.0 Å². The first-order valence-corrected chi connectivity index (χ1v) is 11.6. The molecular formula is C25H28N6O. The maximum absolute atomic E-state index is 12.9. The Kier molecular flexibility index (Phi) is 5.52. The molecule has 0 atom stereocenters. The molecule has 1 N–H and O–H groups in total. The molecule has 3 aromatic rings. The van der Waals surface area contributed by atoms with E-state index in [9.17, 15) is 10.1 Å². The molecule has 2 aliphatic rings. The van der Waals surface area contributed by atoms with E-state index < -0.39 is 0 Å². The average Bonchev–Trinajstić information content (AvgIpc) is 3.34. The van der Waals surface area contributed by atoms with Crippen molar-refractivity contribution in [2.45, 2.75) is 51.5 Å². The number of anilines is 3. The molecule has 2 fully saturated rings. The molecule has 2 aromatic heterocycles. The van der Waals surface area contributed by atoms with Gasteiger partial charge in [0.25, 0.3) is 5.56 Å². The molecule has 5 rings (SSSR count). The molecule has 164 valence electrons. The largest absolute Gasteiger partial charge is 0.372 e. The summed E-state index contributed by atoms with van der Waals surface area (Å²) in [6.45, 7) is 4.53. The number of aromatic nitrogens is 3. The summed E-state index contributed by atoms with van der Waals surface area (Å²) >= 11 is 0. The van der Waals surface area contributed by atoms with Gasteiger partial charge in [-0.2, -0.15) is 10.2 Å². The van der Waals surface area contributed by atoms with Gasteiger partial charge in [0.1, 0.15) is 17.3 Å². The van der Waals surface area contributed by atoms with Crippen molar-refractivity contribution in [3.05, 3.63) is 52.4 Å². The molecule has 0 radical (unpaired) electrons. The Morgan fingerprint density at radius 3 is 2.50 bits per heavy atom. The lowest BCUT2D eigenvalue weighted by Gasteiger charge is -2.32. The third kappa shape index (κ3) is 3.93. The average molecular weight is 429 g/mol. The number of hydrogen-bond donors (Lipinski definition) is 1. The molecule has 32 heavy (non-hydrogen) atoms. The molecule has 0 unspecified atom stereocenters. The van der Waals surface area contributed by atoms with Crippen LogP contribution in [0.2, 0.25) is 0 Å². The van der Waals surface area contributed by atoms with Gasteiger partial charge in [0.05, 0.1) is 0 Å². The Bertz CT molecular complexity index is 1210. The van der Waals surface area contributed by atoms with E-state index in [1.54, 1.807) is 16.8 Å². The number of benzene rings is 1. The molecule has 3 heterocycles. The molecule has 0 bridgehead atoms. The van der Waals surface area contributed by atoms with Gasteiger partial charge >= 0.3 is 0 Å². The maximum Gasteiger partial charge on any atom is 0.270 e. The van der Waals surface area contributed by atoms with Crippen LogP contribution in [0, 0.1) is 17.2 Å². The van der Waals surface area contributed by atoms with Gasteiger partial charge in [-0.05, 0) is 61.9 Å². The summed E-state index contributed by atoms with van der Waals surface area (Å²) in [6, 6.07) is 12.1. The van der Waals surface area contributed by atoms with Gasteiger partial charge in [0.2, 0.25) is 5.95 Å². The van der Waals surface area contributed by atoms with Crippen molar-refractivity contribution in [1.82, 2.24) is 14.5 Å². The van der Waals surface area contributed by atoms with E-state index in [1.165, 1.54) is 18.5 Å². The normalized spacial score (nSPS) is 17.6. The fourth-order valence-electron chi connectivity index (χ4n) is 4.91. The smallest absolute Gasteiger partial charge is 0.270 e. The van der Waals surface area contributed by atoms with Crippen LogP contribution in [0.15, 0.2) is 41.3 Å². The van der Waals surface area contributed by atoms with E-state index in [4.69, 9.17) is 4.98 Å². The van der Waals surface area contributed by atoms with Crippen LogP contribution in [0.3, 0.4) is 0 Å². The van der Waals surface area contributed by atoms with E-state index in [2.05, 4.69) is 34.3 Å². The van der Waals surface area contributed by atoms with Crippen molar-refractivity contribution in [3.63, 3.8) is 0 Å². The fourth-order valence-corrected chi connectivity index (χ4v) is 4.91. The Labute approximate surface area is 187 Å². The zero-order chi connectivity index (χ0) is 22.1. The van der Waals surface area contributed by atoms with E-state index in [0.29, 0.717) is 17.0 Å². The second kappa shape index (κ2) is 8.62. The lowest BCUT2D eigenvalue weighted by atomic mass is 9.99. The quantitative estimate of drug-likeness (QED) is 0.645. The molecule has 0 spiro atoms. The highest BCUT2D eigenvalue weighted by atomic mass is 16.1. The van der Waals surface area contributed by atoms with E-state index >= 15 is 0 Å². The minimum atomic E-state index is -0.253. The van der Waals surface area contributed by atoms with Gasteiger partial charge in [0.15, 0.2) is 0 Å². The minimum Gasteiger partial charge on any atom is -0.372 e. The molecule has 1 aromatic carbocycles. The highest BCUT2D eigenvalue weighted by Gasteiger charge is 2.23. The third-order valence-corrected chi connectivity index (χ3v) is 6.86. The van der Waals surface area contributed by atoms with Gasteiger partial charge in [-0.1, -0.05) is 19.8 Å². The summed E-state index contributed by atoms with van der Waals surface area (Å²) in [7, 11) is 0. The van der Waals surface area contributed by atoms with Crippen molar-refractivity contribution in [1.29, 1.82) is 5.26 Å². The number of nitriles is 1. The lowest BCUT2D eigenvalue weighted by molar-refractivity contribution is 0.438. The maximum atomic E-state index is 12.9. The van der Waals surface area contributed by atoms with E-state index in [-0.39, 0.29) is 17.2 Å². The molecule has 7 heteroatoms. The minimum absolute atomic E-state index is 0.0904. The second-order valence-corrected chi connectivity index (χ2v) is 9.10. The fraction of sp³-hybridized carbons (Fsp3) is 0.440. The number of pyridine rings is 1. The van der Waals surface area contributed by atoms with Crippen LogP contribution >= 0.6 is 0 Å². The number of nitrogens with zero attached hydrogens (tertiary/aromatic N) is 5. The van der Waals surface area contributed by atoms with Crippen molar-refractivity contribution in [2.24, 2.45) is 5.92 Å². The predicted molar refractivity (Wildman–Crippen MR) is 126 cm³/mol.